The lowest BCUT2D eigenvalue weighted by Gasteiger charge is -2.28. The summed E-state index contributed by atoms with van der Waals surface area (Å²) < 4.78 is 40.1. The fraction of sp³-hybridized carbons (Fsp3) is 0.300. The summed E-state index contributed by atoms with van der Waals surface area (Å²) in [6, 6.07) is 5.15. The van der Waals surface area contributed by atoms with Gasteiger partial charge in [-0.05, 0) is 48.6 Å². The van der Waals surface area contributed by atoms with E-state index in [0.717, 1.165) is 0 Å². The van der Waals surface area contributed by atoms with Crippen LogP contribution in [0.5, 0.6) is 0 Å². The zero-order valence-electron chi connectivity index (χ0n) is 15.2. The van der Waals surface area contributed by atoms with Crippen molar-refractivity contribution < 1.29 is 18.0 Å². The first kappa shape index (κ1) is 19.6. The molecule has 2 amide bonds. The molecule has 0 unspecified atom stereocenters. The minimum atomic E-state index is -2.61. The smallest absolute Gasteiger partial charge is 0.324 e. The number of nitrogens with one attached hydrogen (secondary N) is 3. The summed E-state index contributed by atoms with van der Waals surface area (Å²) >= 11 is 6.31. The van der Waals surface area contributed by atoms with E-state index >= 15 is 0 Å². The van der Waals surface area contributed by atoms with Gasteiger partial charge < -0.3 is 10.3 Å². The van der Waals surface area contributed by atoms with Gasteiger partial charge in [0.25, 0.3) is 0 Å². The molecule has 1 saturated carbocycles. The van der Waals surface area contributed by atoms with Crippen LogP contribution in [0.25, 0.3) is 10.9 Å². The zero-order valence-corrected chi connectivity index (χ0v) is 16.0. The van der Waals surface area contributed by atoms with E-state index in [9.17, 15) is 18.0 Å². The van der Waals surface area contributed by atoms with E-state index in [1.165, 1.54) is 24.4 Å². The first-order valence-electron chi connectivity index (χ1n) is 9.19. The number of amides is 2. The second-order valence-corrected chi connectivity index (χ2v) is 7.60. The van der Waals surface area contributed by atoms with E-state index in [0.29, 0.717) is 40.0 Å². The molecule has 3 N–H and O–H groups in total. The standard InChI is InChI=1S/C20H18ClF3N4O/c21-15-8-18(26-9-14(15)11-3-5-20(23,24)6-4-11)28-19(29)27-17-10-25-16-2-1-12(22)7-13(16)17/h1-2,7-11,25H,3-6H2,(H2,26,27,28,29). The fourth-order valence-corrected chi connectivity index (χ4v) is 3.93. The normalized spacial score (nSPS) is 16.7. The molecule has 0 radical (unpaired) electrons. The van der Waals surface area contributed by atoms with Gasteiger partial charge in [-0.25, -0.2) is 22.9 Å². The Morgan fingerprint density at radius 2 is 1.97 bits per heavy atom. The predicted octanol–water partition coefficient (Wildman–Crippen LogP) is 6.29. The third-order valence-electron chi connectivity index (χ3n) is 5.17. The lowest BCUT2D eigenvalue weighted by molar-refractivity contribution is -0.0382. The maximum absolute atomic E-state index is 13.4. The van der Waals surface area contributed by atoms with Crippen molar-refractivity contribution in [3.05, 3.63) is 53.1 Å². The van der Waals surface area contributed by atoms with E-state index in [2.05, 4.69) is 20.6 Å². The number of aromatic nitrogens is 2. The molecule has 1 aliphatic rings. The molecule has 2 heterocycles. The molecule has 0 aliphatic heterocycles. The van der Waals surface area contributed by atoms with Crippen molar-refractivity contribution in [2.75, 3.05) is 10.6 Å². The summed E-state index contributed by atoms with van der Waals surface area (Å²) in [4.78, 5) is 19.4. The van der Waals surface area contributed by atoms with Crippen LogP contribution in [-0.2, 0) is 0 Å². The van der Waals surface area contributed by atoms with Crippen LogP contribution in [0.15, 0.2) is 36.7 Å². The average Bonchev–Trinajstić information content (AvgIpc) is 3.04. The van der Waals surface area contributed by atoms with E-state index in [1.807, 2.05) is 0 Å². The van der Waals surface area contributed by atoms with Crippen molar-refractivity contribution in [1.29, 1.82) is 0 Å². The Morgan fingerprint density at radius 1 is 1.21 bits per heavy atom. The number of hydrogen-bond acceptors (Lipinski definition) is 2. The number of fused-ring (bicyclic) bond motifs is 1. The Bertz CT molecular complexity index is 1060. The van der Waals surface area contributed by atoms with Crippen molar-refractivity contribution in [1.82, 2.24) is 9.97 Å². The van der Waals surface area contributed by atoms with Crippen molar-refractivity contribution in [3.63, 3.8) is 0 Å². The number of carbonyl (C=O) groups excluding carboxylic acids is 1. The molecule has 0 spiro atoms. The van der Waals surface area contributed by atoms with Gasteiger partial charge in [0.15, 0.2) is 0 Å². The Balaban J connectivity index is 1.43. The van der Waals surface area contributed by atoms with Gasteiger partial charge in [0, 0.05) is 41.2 Å². The Hall–Kier alpha value is -2.74. The summed E-state index contributed by atoms with van der Waals surface area (Å²) in [5, 5.41) is 6.12. The molecule has 5 nitrogen and oxygen atoms in total. The molecule has 0 atom stereocenters. The number of rotatable bonds is 3. The molecule has 2 aromatic heterocycles. The van der Waals surface area contributed by atoms with E-state index in [-0.39, 0.29) is 24.6 Å². The highest BCUT2D eigenvalue weighted by atomic mass is 35.5. The molecule has 29 heavy (non-hydrogen) atoms. The Labute approximate surface area is 169 Å². The first-order chi connectivity index (χ1) is 13.8. The lowest BCUT2D eigenvalue weighted by Crippen LogP contribution is -2.24. The molecule has 1 aliphatic carbocycles. The van der Waals surface area contributed by atoms with Gasteiger partial charge in [-0.2, -0.15) is 0 Å². The summed E-state index contributed by atoms with van der Waals surface area (Å²) in [5.41, 5.74) is 1.81. The minimum absolute atomic E-state index is 0.0707. The van der Waals surface area contributed by atoms with Crippen LogP contribution in [0.1, 0.15) is 37.2 Å². The number of hydrogen-bond donors (Lipinski definition) is 3. The van der Waals surface area contributed by atoms with Crippen LogP contribution in [0.3, 0.4) is 0 Å². The molecule has 3 aromatic rings. The van der Waals surface area contributed by atoms with Crippen molar-refractivity contribution in [2.45, 2.75) is 37.5 Å². The number of alkyl halides is 2. The van der Waals surface area contributed by atoms with Gasteiger partial charge in [-0.3, -0.25) is 5.32 Å². The number of anilines is 2. The summed E-state index contributed by atoms with van der Waals surface area (Å²) in [6.45, 7) is 0. The number of H-pyrrole nitrogens is 1. The number of pyridine rings is 1. The van der Waals surface area contributed by atoms with Gasteiger partial charge >= 0.3 is 6.03 Å². The second-order valence-electron chi connectivity index (χ2n) is 7.19. The Morgan fingerprint density at radius 3 is 2.69 bits per heavy atom. The molecule has 1 fully saturated rings. The average molecular weight is 423 g/mol. The van der Waals surface area contributed by atoms with Crippen LogP contribution in [0, 0.1) is 5.82 Å². The second kappa shape index (κ2) is 7.59. The number of urea groups is 1. The topological polar surface area (TPSA) is 69.8 Å². The number of aromatic amines is 1. The highest BCUT2D eigenvalue weighted by molar-refractivity contribution is 6.31. The van der Waals surface area contributed by atoms with Gasteiger partial charge in [-0.1, -0.05) is 11.6 Å². The zero-order chi connectivity index (χ0) is 20.6. The first-order valence-corrected chi connectivity index (χ1v) is 9.56. The molecule has 152 valence electrons. The van der Waals surface area contributed by atoms with Crippen LogP contribution >= 0.6 is 11.6 Å². The molecule has 9 heteroatoms. The van der Waals surface area contributed by atoms with Crippen molar-refractivity contribution in [3.8, 4) is 0 Å². The quantitative estimate of drug-likeness (QED) is 0.464. The van der Waals surface area contributed by atoms with Crippen LogP contribution in [-0.4, -0.2) is 21.9 Å². The number of carbonyl (C=O) groups is 1. The van der Waals surface area contributed by atoms with E-state index in [1.54, 1.807) is 12.3 Å². The third-order valence-corrected chi connectivity index (χ3v) is 5.50. The highest BCUT2D eigenvalue weighted by Gasteiger charge is 2.36. The van der Waals surface area contributed by atoms with Gasteiger partial charge in [0.05, 0.1) is 5.69 Å². The predicted molar refractivity (Wildman–Crippen MR) is 106 cm³/mol. The minimum Gasteiger partial charge on any atom is -0.359 e. The largest absolute Gasteiger partial charge is 0.359 e. The molecule has 0 saturated heterocycles. The van der Waals surface area contributed by atoms with E-state index < -0.39 is 17.8 Å². The fourth-order valence-electron chi connectivity index (χ4n) is 3.63. The highest BCUT2D eigenvalue weighted by Crippen LogP contribution is 2.42. The third kappa shape index (κ3) is 4.32. The van der Waals surface area contributed by atoms with Crippen molar-refractivity contribution >= 4 is 40.0 Å². The lowest BCUT2D eigenvalue weighted by atomic mass is 9.83. The molecular weight excluding hydrogens is 405 g/mol. The monoisotopic (exact) mass is 422 g/mol. The maximum atomic E-state index is 13.4. The van der Waals surface area contributed by atoms with Crippen LogP contribution in [0.4, 0.5) is 29.5 Å². The molecule has 1 aromatic carbocycles. The van der Waals surface area contributed by atoms with E-state index in [4.69, 9.17) is 11.6 Å². The molecule has 4 rings (SSSR count). The maximum Gasteiger partial charge on any atom is 0.324 e. The number of halogens is 4. The molecule has 0 bridgehead atoms. The SMILES string of the molecule is O=C(Nc1cc(Cl)c(C2CCC(F)(F)CC2)cn1)Nc1c[nH]c2ccc(F)cc12. The summed E-state index contributed by atoms with van der Waals surface area (Å²) in [6.07, 6.45) is 3.44. The van der Waals surface area contributed by atoms with Crippen LogP contribution < -0.4 is 10.6 Å². The van der Waals surface area contributed by atoms with Gasteiger partial charge in [0.1, 0.15) is 11.6 Å². The summed E-state index contributed by atoms with van der Waals surface area (Å²) in [7, 11) is 0. The van der Waals surface area contributed by atoms with Gasteiger partial charge in [-0.15, -0.1) is 0 Å². The Kier molecular flexibility index (Phi) is 5.12. The number of nitrogens with zero attached hydrogens (tertiary/aromatic N) is 1. The summed E-state index contributed by atoms with van der Waals surface area (Å²) in [5.74, 6) is -2.87. The van der Waals surface area contributed by atoms with Crippen LogP contribution in [0.2, 0.25) is 5.02 Å². The van der Waals surface area contributed by atoms with Crippen molar-refractivity contribution in [2.24, 2.45) is 0 Å². The molecular formula is C20H18ClF3N4O. The number of benzene rings is 1. The van der Waals surface area contributed by atoms with Gasteiger partial charge in [0.2, 0.25) is 5.92 Å².